The molecule has 1 unspecified atom stereocenters. The zero-order valence-corrected chi connectivity index (χ0v) is 11.9. The van der Waals surface area contributed by atoms with Gasteiger partial charge in [0.25, 0.3) is 0 Å². The number of amides is 1. The van der Waals surface area contributed by atoms with Crippen LogP contribution in [-0.2, 0) is 4.79 Å². The lowest BCUT2D eigenvalue weighted by Gasteiger charge is -2.06. The fourth-order valence-corrected chi connectivity index (χ4v) is 4.55. The molecule has 1 amide bonds. The zero-order chi connectivity index (χ0) is 10.9. The van der Waals surface area contributed by atoms with Crippen LogP contribution in [0.25, 0.3) is 0 Å². The Labute approximate surface area is 112 Å². The van der Waals surface area contributed by atoms with E-state index in [0.29, 0.717) is 19.5 Å². The van der Waals surface area contributed by atoms with Crippen molar-refractivity contribution in [2.45, 2.75) is 37.4 Å². The Bertz CT molecular complexity index is 190. The van der Waals surface area contributed by atoms with Crippen molar-refractivity contribution in [2.24, 2.45) is 5.73 Å². The van der Waals surface area contributed by atoms with Crippen LogP contribution in [0.2, 0.25) is 0 Å². The molecule has 96 valence electrons. The van der Waals surface area contributed by atoms with E-state index in [2.05, 4.69) is 5.32 Å². The van der Waals surface area contributed by atoms with E-state index in [1.165, 1.54) is 25.0 Å². The molecule has 1 rings (SSSR count). The fraction of sp³-hybridized carbons (Fsp3) is 0.900. The van der Waals surface area contributed by atoms with Crippen LogP contribution in [-0.4, -0.2) is 30.0 Å². The molecule has 0 bridgehead atoms. The molecule has 1 heterocycles. The number of halogens is 1. The molecule has 0 saturated carbocycles. The Hall–Kier alpha value is 0.420. The standard InChI is InChI=1S/C10H20N2OS2.ClH/c11-6-7-12-10(13)4-2-1-3-9-5-8-14-15-9;/h9H,1-8,11H2,(H,12,13);1H. The van der Waals surface area contributed by atoms with Crippen LogP contribution in [0, 0.1) is 0 Å². The third-order valence-corrected chi connectivity index (χ3v) is 5.38. The van der Waals surface area contributed by atoms with E-state index in [9.17, 15) is 4.79 Å². The van der Waals surface area contributed by atoms with E-state index in [-0.39, 0.29) is 18.3 Å². The highest BCUT2D eigenvalue weighted by molar-refractivity contribution is 8.77. The summed E-state index contributed by atoms with van der Waals surface area (Å²) in [6, 6.07) is 0. The van der Waals surface area contributed by atoms with E-state index < -0.39 is 0 Å². The number of carbonyl (C=O) groups excluding carboxylic acids is 1. The molecular formula is C10H21ClN2OS2. The number of hydrogen-bond donors (Lipinski definition) is 2. The third-order valence-electron chi connectivity index (χ3n) is 2.37. The Morgan fingerprint density at radius 1 is 1.44 bits per heavy atom. The number of carbonyl (C=O) groups is 1. The average Bonchev–Trinajstić information content (AvgIpc) is 2.74. The summed E-state index contributed by atoms with van der Waals surface area (Å²) in [6.07, 6.45) is 5.45. The van der Waals surface area contributed by atoms with Crippen molar-refractivity contribution < 1.29 is 4.79 Å². The predicted octanol–water partition coefficient (Wildman–Crippen LogP) is 2.20. The molecule has 16 heavy (non-hydrogen) atoms. The summed E-state index contributed by atoms with van der Waals surface area (Å²) in [4.78, 5) is 11.2. The van der Waals surface area contributed by atoms with Gasteiger partial charge < -0.3 is 11.1 Å². The quantitative estimate of drug-likeness (QED) is 0.556. The average molecular weight is 285 g/mol. The highest BCUT2D eigenvalue weighted by Gasteiger charge is 2.15. The molecule has 6 heteroatoms. The SMILES string of the molecule is Cl.NCCNC(=O)CCCCC1CCSS1. The normalized spacial score (nSPS) is 19.2. The predicted molar refractivity (Wildman–Crippen MR) is 76.2 cm³/mol. The summed E-state index contributed by atoms with van der Waals surface area (Å²) in [5.74, 6) is 1.45. The lowest BCUT2D eigenvalue weighted by atomic mass is 10.1. The highest BCUT2D eigenvalue weighted by Crippen LogP contribution is 2.39. The van der Waals surface area contributed by atoms with Gasteiger partial charge >= 0.3 is 0 Å². The first-order valence-electron chi connectivity index (χ1n) is 5.58. The first kappa shape index (κ1) is 16.4. The molecule has 0 aromatic heterocycles. The van der Waals surface area contributed by atoms with Gasteiger partial charge in [-0.05, 0) is 19.3 Å². The second-order valence-corrected chi connectivity index (χ2v) is 6.50. The van der Waals surface area contributed by atoms with Gasteiger partial charge in [0.2, 0.25) is 5.91 Å². The van der Waals surface area contributed by atoms with Gasteiger partial charge in [-0.3, -0.25) is 4.79 Å². The molecule has 3 nitrogen and oxygen atoms in total. The van der Waals surface area contributed by atoms with Crippen LogP contribution in [0.3, 0.4) is 0 Å². The van der Waals surface area contributed by atoms with Crippen LogP contribution in [0.15, 0.2) is 0 Å². The molecule has 1 atom stereocenters. The van der Waals surface area contributed by atoms with Crippen LogP contribution in [0.4, 0.5) is 0 Å². The Balaban J connectivity index is 0.00000225. The molecule has 1 aliphatic rings. The van der Waals surface area contributed by atoms with Gasteiger partial charge in [-0.15, -0.1) is 12.4 Å². The third kappa shape index (κ3) is 7.65. The minimum atomic E-state index is 0. The molecule has 0 radical (unpaired) electrons. The Morgan fingerprint density at radius 2 is 2.25 bits per heavy atom. The van der Waals surface area contributed by atoms with E-state index in [1.807, 2.05) is 21.6 Å². The summed E-state index contributed by atoms with van der Waals surface area (Å²) in [5, 5.41) is 3.62. The van der Waals surface area contributed by atoms with Crippen LogP contribution < -0.4 is 11.1 Å². The molecule has 0 aromatic carbocycles. The van der Waals surface area contributed by atoms with Gasteiger partial charge in [0.15, 0.2) is 0 Å². The molecule has 3 N–H and O–H groups in total. The van der Waals surface area contributed by atoms with Crippen molar-refractivity contribution >= 4 is 39.9 Å². The van der Waals surface area contributed by atoms with Gasteiger partial charge in [0, 0.05) is 30.5 Å². The van der Waals surface area contributed by atoms with E-state index in [1.54, 1.807) is 0 Å². The fourth-order valence-electron chi connectivity index (χ4n) is 1.52. The summed E-state index contributed by atoms with van der Waals surface area (Å²) in [6.45, 7) is 1.13. The van der Waals surface area contributed by atoms with Crippen molar-refractivity contribution in [1.82, 2.24) is 5.32 Å². The zero-order valence-electron chi connectivity index (χ0n) is 9.44. The van der Waals surface area contributed by atoms with Crippen molar-refractivity contribution in [3.63, 3.8) is 0 Å². The van der Waals surface area contributed by atoms with E-state index >= 15 is 0 Å². The number of nitrogens with two attached hydrogens (primary N) is 1. The van der Waals surface area contributed by atoms with Crippen molar-refractivity contribution in [3.8, 4) is 0 Å². The molecule has 0 aromatic rings. The Morgan fingerprint density at radius 3 is 2.88 bits per heavy atom. The van der Waals surface area contributed by atoms with E-state index in [0.717, 1.165) is 11.7 Å². The minimum Gasteiger partial charge on any atom is -0.355 e. The second-order valence-electron chi connectivity index (χ2n) is 3.71. The van der Waals surface area contributed by atoms with Gasteiger partial charge in [-0.25, -0.2) is 0 Å². The smallest absolute Gasteiger partial charge is 0.220 e. The number of nitrogens with one attached hydrogen (secondary N) is 1. The summed E-state index contributed by atoms with van der Waals surface area (Å²) >= 11 is 0. The highest BCUT2D eigenvalue weighted by atomic mass is 35.5. The maximum atomic E-state index is 11.2. The second kappa shape index (κ2) is 10.6. The monoisotopic (exact) mass is 284 g/mol. The number of rotatable bonds is 7. The molecule has 0 aliphatic carbocycles. The maximum Gasteiger partial charge on any atom is 0.220 e. The number of hydrogen-bond acceptors (Lipinski definition) is 4. The molecular weight excluding hydrogens is 264 g/mol. The largest absolute Gasteiger partial charge is 0.355 e. The summed E-state index contributed by atoms with van der Waals surface area (Å²) < 4.78 is 0. The number of unbranched alkanes of at least 4 members (excludes halogenated alkanes) is 1. The summed E-state index contributed by atoms with van der Waals surface area (Å²) in [7, 11) is 4.00. The molecule has 1 aliphatic heterocycles. The lowest BCUT2D eigenvalue weighted by Crippen LogP contribution is -2.28. The van der Waals surface area contributed by atoms with Gasteiger partial charge in [-0.2, -0.15) is 0 Å². The first-order valence-corrected chi connectivity index (χ1v) is 7.96. The molecule has 0 spiro atoms. The van der Waals surface area contributed by atoms with Crippen molar-refractivity contribution in [2.75, 3.05) is 18.8 Å². The molecule has 1 fully saturated rings. The molecule has 1 saturated heterocycles. The topological polar surface area (TPSA) is 55.1 Å². The first-order chi connectivity index (χ1) is 7.33. The summed E-state index contributed by atoms with van der Waals surface area (Å²) in [5.41, 5.74) is 5.29. The van der Waals surface area contributed by atoms with Gasteiger partial charge in [-0.1, -0.05) is 28.0 Å². The van der Waals surface area contributed by atoms with Gasteiger partial charge in [0.1, 0.15) is 0 Å². The Kier molecular flexibility index (Phi) is 10.8. The van der Waals surface area contributed by atoms with E-state index in [4.69, 9.17) is 5.73 Å². The minimum absolute atomic E-state index is 0. The van der Waals surface area contributed by atoms with Gasteiger partial charge in [0.05, 0.1) is 0 Å². The maximum absolute atomic E-state index is 11.2. The lowest BCUT2D eigenvalue weighted by molar-refractivity contribution is -0.121. The van der Waals surface area contributed by atoms with Crippen molar-refractivity contribution in [3.05, 3.63) is 0 Å². The van der Waals surface area contributed by atoms with Crippen molar-refractivity contribution in [1.29, 1.82) is 0 Å². The van der Waals surface area contributed by atoms with Crippen LogP contribution in [0.1, 0.15) is 32.1 Å². The van der Waals surface area contributed by atoms with Crippen LogP contribution in [0.5, 0.6) is 0 Å². The van der Waals surface area contributed by atoms with Crippen LogP contribution >= 0.6 is 34.0 Å².